The van der Waals surface area contributed by atoms with Gasteiger partial charge in [-0.25, -0.2) is 0 Å². The highest BCUT2D eigenvalue weighted by molar-refractivity contribution is 5.57. The minimum absolute atomic E-state index is 0.612. The predicted octanol–water partition coefficient (Wildman–Crippen LogP) is 3.11. The van der Waals surface area contributed by atoms with Crippen molar-refractivity contribution in [2.75, 3.05) is 42.5 Å². The maximum Gasteiger partial charge on any atom is 0.0368 e. The molecule has 0 aromatic heterocycles. The first-order valence-electron chi connectivity index (χ1n) is 8.57. The molecule has 0 amide bonds. The molecular formula is C18H29N3. The first-order chi connectivity index (χ1) is 10.2. The predicted molar refractivity (Wildman–Crippen MR) is 91.3 cm³/mol. The Labute approximate surface area is 129 Å². The van der Waals surface area contributed by atoms with Crippen LogP contribution in [0.5, 0.6) is 0 Å². The van der Waals surface area contributed by atoms with Crippen molar-refractivity contribution in [1.29, 1.82) is 0 Å². The Bertz CT molecular complexity index is 434. The van der Waals surface area contributed by atoms with Gasteiger partial charge in [-0.15, -0.1) is 0 Å². The summed E-state index contributed by atoms with van der Waals surface area (Å²) >= 11 is 0. The molecule has 21 heavy (non-hydrogen) atoms. The van der Waals surface area contributed by atoms with Gasteiger partial charge in [0.05, 0.1) is 0 Å². The molecule has 0 saturated carbocycles. The van der Waals surface area contributed by atoms with E-state index in [1.165, 1.54) is 43.7 Å². The van der Waals surface area contributed by atoms with Gasteiger partial charge < -0.3 is 15.1 Å². The summed E-state index contributed by atoms with van der Waals surface area (Å²) in [6, 6.07) is 9.86. The zero-order chi connectivity index (χ0) is 14.7. The van der Waals surface area contributed by atoms with Crippen LogP contribution in [0.4, 0.5) is 11.4 Å². The molecule has 116 valence electrons. The maximum absolute atomic E-state index is 3.63. The van der Waals surface area contributed by atoms with Crippen LogP contribution < -0.4 is 15.1 Å². The quantitative estimate of drug-likeness (QED) is 0.921. The zero-order valence-electron chi connectivity index (χ0n) is 13.5. The summed E-state index contributed by atoms with van der Waals surface area (Å²) in [5.74, 6) is 0.695. The number of anilines is 2. The molecule has 1 atom stereocenters. The van der Waals surface area contributed by atoms with Gasteiger partial charge in [0, 0.05) is 50.1 Å². The highest BCUT2D eigenvalue weighted by Gasteiger charge is 2.22. The maximum atomic E-state index is 3.63. The molecule has 1 N–H and O–H groups in total. The van der Waals surface area contributed by atoms with Gasteiger partial charge in [-0.2, -0.15) is 0 Å². The van der Waals surface area contributed by atoms with Gasteiger partial charge in [0.1, 0.15) is 0 Å². The van der Waals surface area contributed by atoms with Crippen LogP contribution >= 0.6 is 0 Å². The van der Waals surface area contributed by atoms with E-state index in [0.717, 1.165) is 19.6 Å². The van der Waals surface area contributed by atoms with E-state index in [1.54, 1.807) is 0 Å². The SMILES string of the molecule is CC(C)C1CN(c2ccc(N3CCCCC3)cc2)CCN1. The normalized spacial score (nSPS) is 23.7. The third-order valence-electron chi connectivity index (χ3n) is 4.95. The molecule has 2 fully saturated rings. The molecule has 0 radical (unpaired) electrons. The van der Waals surface area contributed by atoms with Gasteiger partial charge in [0.25, 0.3) is 0 Å². The number of rotatable bonds is 3. The van der Waals surface area contributed by atoms with Crippen LogP contribution in [0, 0.1) is 5.92 Å². The number of nitrogens with zero attached hydrogens (tertiary/aromatic N) is 2. The van der Waals surface area contributed by atoms with E-state index in [9.17, 15) is 0 Å². The van der Waals surface area contributed by atoms with Crippen LogP contribution in [0.2, 0.25) is 0 Å². The van der Waals surface area contributed by atoms with Crippen molar-refractivity contribution in [2.45, 2.75) is 39.2 Å². The van der Waals surface area contributed by atoms with E-state index in [-0.39, 0.29) is 0 Å². The van der Waals surface area contributed by atoms with E-state index >= 15 is 0 Å². The van der Waals surface area contributed by atoms with Gasteiger partial charge in [-0.3, -0.25) is 0 Å². The molecule has 3 nitrogen and oxygen atoms in total. The zero-order valence-corrected chi connectivity index (χ0v) is 13.5. The van der Waals surface area contributed by atoms with Crippen LogP contribution in [0.15, 0.2) is 24.3 Å². The summed E-state index contributed by atoms with van der Waals surface area (Å²) in [5.41, 5.74) is 2.77. The Morgan fingerprint density at radius 3 is 2.14 bits per heavy atom. The molecule has 2 heterocycles. The van der Waals surface area contributed by atoms with E-state index in [1.807, 2.05) is 0 Å². The van der Waals surface area contributed by atoms with Gasteiger partial charge in [0.15, 0.2) is 0 Å². The van der Waals surface area contributed by atoms with Gasteiger partial charge in [0.2, 0.25) is 0 Å². The van der Waals surface area contributed by atoms with Crippen LogP contribution in [-0.4, -0.2) is 38.8 Å². The molecule has 0 bridgehead atoms. The number of nitrogens with one attached hydrogen (secondary N) is 1. The summed E-state index contributed by atoms with van der Waals surface area (Å²) in [6.45, 7) is 10.4. The first kappa shape index (κ1) is 14.7. The number of piperidine rings is 1. The Morgan fingerprint density at radius 1 is 0.905 bits per heavy atom. The monoisotopic (exact) mass is 287 g/mol. The third kappa shape index (κ3) is 3.52. The molecule has 2 aliphatic heterocycles. The average molecular weight is 287 g/mol. The summed E-state index contributed by atoms with van der Waals surface area (Å²) < 4.78 is 0. The second-order valence-electron chi connectivity index (χ2n) is 6.81. The molecule has 0 aliphatic carbocycles. The summed E-state index contributed by atoms with van der Waals surface area (Å²) in [4.78, 5) is 5.06. The van der Waals surface area contributed by atoms with E-state index in [4.69, 9.17) is 0 Å². The Hall–Kier alpha value is -1.22. The number of hydrogen-bond acceptors (Lipinski definition) is 3. The lowest BCUT2D eigenvalue weighted by atomic mass is 10.0. The molecule has 2 saturated heterocycles. The molecule has 3 rings (SSSR count). The second-order valence-corrected chi connectivity index (χ2v) is 6.81. The van der Waals surface area contributed by atoms with Crippen molar-refractivity contribution < 1.29 is 0 Å². The molecule has 0 spiro atoms. The number of hydrogen-bond donors (Lipinski definition) is 1. The summed E-state index contributed by atoms with van der Waals surface area (Å²) in [7, 11) is 0. The van der Waals surface area contributed by atoms with Crippen molar-refractivity contribution in [1.82, 2.24) is 5.32 Å². The van der Waals surface area contributed by atoms with Crippen LogP contribution in [0.3, 0.4) is 0 Å². The van der Waals surface area contributed by atoms with Crippen LogP contribution in [0.25, 0.3) is 0 Å². The Morgan fingerprint density at radius 2 is 1.52 bits per heavy atom. The fraction of sp³-hybridized carbons (Fsp3) is 0.667. The highest BCUT2D eigenvalue weighted by Crippen LogP contribution is 2.24. The smallest absolute Gasteiger partial charge is 0.0368 e. The fourth-order valence-corrected chi connectivity index (χ4v) is 3.49. The minimum atomic E-state index is 0.612. The molecular weight excluding hydrogens is 258 g/mol. The second kappa shape index (κ2) is 6.69. The third-order valence-corrected chi connectivity index (χ3v) is 4.95. The Balaban J connectivity index is 1.66. The Kier molecular flexibility index (Phi) is 4.69. The molecule has 2 aliphatic rings. The number of piperazine rings is 1. The molecule has 3 heteroatoms. The molecule has 1 aromatic rings. The molecule has 1 unspecified atom stereocenters. The lowest BCUT2D eigenvalue weighted by molar-refractivity contribution is 0.368. The first-order valence-corrected chi connectivity index (χ1v) is 8.57. The molecule has 1 aromatic carbocycles. The van der Waals surface area contributed by atoms with Crippen molar-refractivity contribution in [2.24, 2.45) is 5.92 Å². The van der Waals surface area contributed by atoms with Crippen LogP contribution in [-0.2, 0) is 0 Å². The van der Waals surface area contributed by atoms with Gasteiger partial charge >= 0.3 is 0 Å². The average Bonchev–Trinajstić information content (AvgIpc) is 2.56. The fourth-order valence-electron chi connectivity index (χ4n) is 3.49. The van der Waals surface area contributed by atoms with Crippen LogP contribution in [0.1, 0.15) is 33.1 Å². The minimum Gasteiger partial charge on any atom is -0.372 e. The summed E-state index contributed by atoms with van der Waals surface area (Å²) in [6.07, 6.45) is 4.08. The van der Waals surface area contributed by atoms with E-state index < -0.39 is 0 Å². The van der Waals surface area contributed by atoms with Crippen molar-refractivity contribution in [3.05, 3.63) is 24.3 Å². The highest BCUT2D eigenvalue weighted by atomic mass is 15.2. The van der Waals surface area contributed by atoms with Gasteiger partial charge in [-0.05, 0) is 49.4 Å². The van der Waals surface area contributed by atoms with Crippen molar-refractivity contribution in [3.63, 3.8) is 0 Å². The topological polar surface area (TPSA) is 18.5 Å². The number of benzene rings is 1. The lowest BCUT2D eigenvalue weighted by Crippen LogP contribution is -2.52. The van der Waals surface area contributed by atoms with Crippen molar-refractivity contribution in [3.8, 4) is 0 Å². The largest absolute Gasteiger partial charge is 0.372 e. The van der Waals surface area contributed by atoms with E-state index in [2.05, 4.69) is 53.2 Å². The lowest BCUT2D eigenvalue weighted by Gasteiger charge is -2.37. The standard InChI is InChI=1S/C18H29N3/c1-15(2)18-14-21(13-10-19-18)17-8-6-16(7-9-17)20-11-4-3-5-12-20/h6-9,15,18-19H,3-5,10-14H2,1-2H3. The van der Waals surface area contributed by atoms with Gasteiger partial charge in [-0.1, -0.05) is 13.8 Å². The van der Waals surface area contributed by atoms with E-state index in [0.29, 0.717) is 12.0 Å². The van der Waals surface area contributed by atoms with Crippen molar-refractivity contribution >= 4 is 11.4 Å². The summed E-state index contributed by atoms with van der Waals surface area (Å²) in [5, 5.41) is 3.63.